The summed E-state index contributed by atoms with van der Waals surface area (Å²) in [5, 5.41) is 11.8. The highest BCUT2D eigenvalue weighted by Gasteiger charge is 2.15. The number of rotatable bonds is 6. The quantitative estimate of drug-likeness (QED) is 0.835. The van der Waals surface area contributed by atoms with Crippen LogP contribution in [0.1, 0.15) is 38.3 Å². The Morgan fingerprint density at radius 1 is 1.50 bits per heavy atom. The number of hydrogen-bond acceptors (Lipinski definition) is 2. The van der Waals surface area contributed by atoms with Crippen molar-refractivity contribution in [1.29, 1.82) is 0 Å². The molecule has 0 spiro atoms. The van der Waals surface area contributed by atoms with Crippen molar-refractivity contribution in [3.05, 3.63) is 34.6 Å². The predicted molar refractivity (Wildman–Crippen MR) is 69.3 cm³/mol. The summed E-state index contributed by atoms with van der Waals surface area (Å²) in [5.41, 5.74) is 0.490. The van der Waals surface area contributed by atoms with Crippen molar-refractivity contribution in [2.24, 2.45) is 0 Å². The molecular formula is C13H17ClFNO2. The largest absolute Gasteiger partial charge is 0.481 e. The van der Waals surface area contributed by atoms with Gasteiger partial charge in [-0.2, -0.15) is 0 Å². The van der Waals surface area contributed by atoms with E-state index in [4.69, 9.17) is 16.7 Å². The molecule has 0 radical (unpaired) electrons. The van der Waals surface area contributed by atoms with Crippen LogP contribution in [0.4, 0.5) is 4.39 Å². The molecule has 3 nitrogen and oxygen atoms in total. The van der Waals surface area contributed by atoms with E-state index in [9.17, 15) is 9.18 Å². The molecule has 2 N–H and O–H groups in total. The summed E-state index contributed by atoms with van der Waals surface area (Å²) in [6.45, 7) is 3.70. The minimum absolute atomic E-state index is 0.00511. The first-order valence-electron chi connectivity index (χ1n) is 5.83. The van der Waals surface area contributed by atoms with Crippen LogP contribution < -0.4 is 5.32 Å². The lowest BCUT2D eigenvalue weighted by Crippen LogP contribution is -2.30. The van der Waals surface area contributed by atoms with Gasteiger partial charge in [-0.3, -0.25) is 4.79 Å². The zero-order chi connectivity index (χ0) is 13.7. The maximum atomic E-state index is 13.8. The third kappa shape index (κ3) is 4.27. The Balaban J connectivity index is 2.62. The van der Waals surface area contributed by atoms with Crippen LogP contribution in [0.15, 0.2) is 18.2 Å². The van der Waals surface area contributed by atoms with Crippen LogP contribution in [0, 0.1) is 5.82 Å². The van der Waals surface area contributed by atoms with Gasteiger partial charge in [-0.05, 0) is 26.3 Å². The summed E-state index contributed by atoms with van der Waals surface area (Å²) < 4.78 is 13.8. The van der Waals surface area contributed by atoms with E-state index in [1.807, 2.05) is 13.8 Å². The third-order valence-electron chi connectivity index (χ3n) is 2.77. The van der Waals surface area contributed by atoms with Crippen LogP contribution in [-0.4, -0.2) is 17.1 Å². The molecule has 1 rings (SSSR count). The average Bonchev–Trinajstić information content (AvgIpc) is 2.30. The normalized spacial score (nSPS) is 14.2. The minimum atomic E-state index is -0.828. The zero-order valence-corrected chi connectivity index (χ0v) is 11.2. The number of aliphatic carboxylic acids is 1. The molecule has 100 valence electrons. The molecular weight excluding hydrogens is 257 g/mol. The van der Waals surface area contributed by atoms with Gasteiger partial charge >= 0.3 is 5.97 Å². The van der Waals surface area contributed by atoms with Crippen molar-refractivity contribution < 1.29 is 14.3 Å². The van der Waals surface area contributed by atoms with Gasteiger partial charge in [0, 0.05) is 24.1 Å². The van der Waals surface area contributed by atoms with Gasteiger partial charge in [0.1, 0.15) is 5.82 Å². The summed E-state index contributed by atoms with van der Waals surface area (Å²) in [5.74, 6) is -1.25. The van der Waals surface area contributed by atoms with Crippen LogP contribution in [0.2, 0.25) is 5.02 Å². The molecule has 0 bridgehead atoms. The molecule has 0 fully saturated rings. The topological polar surface area (TPSA) is 49.3 Å². The molecule has 2 unspecified atom stereocenters. The number of benzene rings is 1. The van der Waals surface area contributed by atoms with Gasteiger partial charge in [0.15, 0.2) is 0 Å². The minimum Gasteiger partial charge on any atom is -0.481 e. The second-order valence-electron chi connectivity index (χ2n) is 4.36. The molecule has 0 aliphatic heterocycles. The fraction of sp³-hybridized carbons (Fsp3) is 0.462. The molecule has 0 aromatic heterocycles. The molecule has 0 heterocycles. The van der Waals surface area contributed by atoms with Gasteiger partial charge in [-0.1, -0.05) is 23.7 Å². The number of carbonyl (C=O) groups is 1. The summed E-state index contributed by atoms with van der Waals surface area (Å²) in [6.07, 6.45) is 0.598. The summed E-state index contributed by atoms with van der Waals surface area (Å²) in [6, 6.07) is 4.65. The first-order chi connectivity index (χ1) is 8.41. The highest BCUT2D eigenvalue weighted by molar-refractivity contribution is 6.30. The highest BCUT2D eigenvalue weighted by Crippen LogP contribution is 2.23. The second-order valence-corrected chi connectivity index (χ2v) is 4.77. The Bertz CT molecular complexity index is 425. The maximum absolute atomic E-state index is 13.8. The van der Waals surface area contributed by atoms with E-state index in [0.717, 1.165) is 0 Å². The van der Waals surface area contributed by atoms with E-state index in [2.05, 4.69) is 5.32 Å². The SMILES string of the molecule is CC(CCC(=O)O)NC(C)c1cccc(Cl)c1F. The smallest absolute Gasteiger partial charge is 0.303 e. The molecule has 1 aromatic carbocycles. The summed E-state index contributed by atoms with van der Waals surface area (Å²) in [7, 11) is 0. The van der Waals surface area contributed by atoms with Crippen LogP contribution in [0.3, 0.4) is 0 Å². The second kappa shape index (κ2) is 6.71. The lowest BCUT2D eigenvalue weighted by Gasteiger charge is -2.20. The lowest BCUT2D eigenvalue weighted by atomic mass is 10.1. The molecule has 5 heteroatoms. The Morgan fingerprint density at radius 2 is 2.17 bits per heavy atom. The van der Waals surface area contributed by atoms with E-state index < -0.39 is 11.8 Å². The molecule has 0 saturated carbocycles. The third-order valence-corrected chi connectivity index (χ3v) is 3.07. The zero-order valence-electron chi connectivity index (χ0n) is 10.4. The van der Waals surface area contributed by atoms with E-state index in [-0.39, 0.29) is 23.5 Å². The van der Waals surface area contributed by atoms with Crippen LogP contribution >= 0.6 is 11.6 Å². The van der Waals surface area contributed by atoms with Crippen molar-refractivity contribution in [3.8, 4) is 0 Å². The van der Waals surface area contributed by atoms with Gasteiger partial charge in [0.25, 0.3) is 0 Å². The van der Waals surface area contributed by atoms with Gasteiger partial charge < -0.3 is 10.4 Å². The molecule has 0 aliphatic carbocycles. The van der Waals surface area contributed by atoms with E-state index in [1.54, 1.807) is 12.1 Å². The van der Waals surface area contributed by atoms with Crippen molar-refractivity contribution >= 4 is 17.6 Å². The molecule has 0 saturated heterocycles. The van der Waals surface area contributed by atoms with Crippen molar-refractivity contribution in [2.75, 3.05) is 0 Å². The first kappa shape index (κ1) is 14.9. The molecule has 1 aromatic rings. The predicted octanol–water partition coefficient (Wildman–Crippen LogP) is 3.38. The summed E-state index contributed by atoms with van der Waals surface area (Å²) in [4.78, 5) is 10.5. The number of hydrogen-bond donors (Lipinski definition) is 2. The van der Waals surface area contributed by atoms with Crippen LogP contribution in [-0.2, 0) is 4.79 Å². The van der Waals surface area contributed by atoms with Crippen LogP contribution in [0.25, 0.3) is 0 Å². The van der Waals surface area contributed by atoms with Gasteiger partial charge in [-0.15, -0.1) is 0 Å². The number of carboxylic acid groups (broad SMARTS) is 1. The fourth-order valence-corrected chi connectivity index (χ4v) is 1.98. The first-order valence-corrected chi connectivity index (χ1v) is 6.21. The van der Waals surface area contributed by atoms with Crippen molar-refractivity contribution in [3.63, 3.8) is 0 Å². The lowest BCUT2D eigenvalue weighted by molar-refractivity contribution is -0.137. The molecule has 2 atom stereocenters. The van der Waals surface area contributed by atoms with Gasteiger partial charge in [0.2, 0.25) is 0 Å². The Labute approximate surface area is 111 Å². The van der Waals surface area contributed by atoms with Gasteiger partial charge in [-0.25, -0.2) is 4.39 Å². The average molecular weight is 274 g/mol. The fourth-order valence-electron chi connectivity index (χ4n) is 1.79. The standard InChI is InChI=1S/C13H17ClFNO2/c1-8(6-7-12(17)18)16-9(2)10-4-3-5-11(14)13(10)15/h3-5,8-9,16H,6-7H2,1-2H3,(H,17,18). The van der Waals surface area contributed by atoms with Gasteiger partial charge in [0.05, 0.1) is 5.02 Å². The number of carboxylic acids is 1. The number of halogens is 2. The van der Waals surface area contributed by atoms with E-state index >= 15 is 0 Å². The van der Waals surface area contributed by atoms with E-state index in [0.29, 0.717) is 12.0 Å². The number of nitrogens with one attached hydrogen (secondary N) is 1. The van der Waals surface area contributed by atoms with E-state index in [1.165, 1.54) is 6.07 Å². The van der Waals surface area contributed by atoms with Crippen molar-refractivity contribution in [1.82, 2.24) is 5.32 Å². The summed E-state index contributed by atoms with van der Waals surface area (Å²) >= 11 is 5.72. The van der Waals surface area contributed by atoms with Crippen molar-refractivity contribution in [2.45, 2.75) is 38.8 Å². The Hall–Kier alpha value is -1.13. The molecule has 0 amide bonds. The monoisotopic (exact) mass is 273 g/mol. The maximum Gasteiger partial charge on any atom is 0.303 e. The Kier molecular flexibility index (Phi) is 5.56. The van der Waals surface area contributed by atoms with Crippen LogP contribution in [0.5, 0.6) is 0 Å². The molecule has 0 aliphatic rings. The molecule has 18 heavy (non-hydrogen) atoms. The highest BCUT2D eigenvalue weighted by atomic mass is 35.5. The Morgan fingerprint density at radius 3 is 2.78 bits per heavy atom.